The number of ether oxygens (including phenoxy) is 1. The van der Waals surface area contributed by atoms with E-state index in [2.05, 4.69) is 11.9 Å². The van der Waals surface area contributed by atoms with Crippen molar-refractivity contribution in [1.29, 1.82) is 0 Å². The largest absolute Gasteiger partial charge is 0.396 e. The lowest BCUT2D eigenvalue weighted by molar-refractivity contribution is 0.0348. The molecule has 2 rings (SSSR count). The maximum atomic E-state index is 9.69. The molecule has 0 saturated heterocycles. The van der Waals surface area contributed by atoms with Crippen LogP contribution in [0.2, 0.25) is 0 Å². The van der Waals surface area contributed by atoms with Gasteiger partial charge in [0.15, 0.2) is 0 Å². The van der Waals surface area contributed by atoms with Crippen LogP contribution in [0.1, 0.15) is 44.9 Å². The van der Waals surface area contributed by atoms with Crippen LogP contribution < -0.4 is 0 Å². The summed E-state index contributed by atoms with van der Waals surface area (Å²) in [5, 5.41) is 9.69. The first-order valence-corrected chi connectivity index (χ1v) is 7.61. The van der Waals surface area contributed by atoms with Crippen molar-refractivity contribution >= 4 is 0 Å². The zero-order chi connectivity index (χ0) is 12.8. The Kier molecular flexibility index (Phi) is 5.46. The maximum absolute atomic E-state index is 9.69. The lowest BCUT2D eigenvalue weighted by atomic mass is 9.74. The van der Waals surface area contributed by atoms with Gasteiger partial charge in [-0.1, -0.05) is 19.3 Å². The molecule has 0 aromatic heterocycles. The van der Waals surface area contributed by atoms with Crippen LogP contribution in [-0.2, 0) is 4.74 Å². The Morgan fingerprint density at radius 1 is 1.22 bits per heavy atom. The highest BCUT2D eigenvalue weighted by Crippen LogP contribution is 2.36. The van der Waals surface area contributed by atoms with Gasteiger partial charge >= 0.3 is 0 Å². The Labute approximate surface area is 112 Å². The molecule has 18 heavy (non-hydrogen) atoms. The van der Waals surface area contributed by atoms with Crippen molar-refractivity contribution in [2.24, 2.45) is 11.3 Å². The van der Waals surface area contributed by atoms with Crippen LogP contribution in [0.4, 0.5) is 0 Å². The van der Waals surface area contributed by atoms with Crippen LogP contribution in [0.15, 0.2) is 0 Å². The van der Waals surface area contributed by atoms with Gasteiger partial charge in [0, 0.05) is 31.7 Å². The number of aliphatic hydroxyl groups excluding tert-OH is 1. The standard InChI is InChI=1S/C15H29NO2/c1-16(9-10-18-11-14-5-6-14)12-15(13-17)7-3-2-4-8-15/h14,17H,2-13H2,1H3. The minimum Gasteiger partial charge on any atom is -0.396 e. The third-order valence-electron chi connectivity index (χ3n) is 4.52. The molecule has 3 nitrogen and oxygen atoms in total. The molecule has 2 aliphatic carbocycles. The lowest BCUT2D eigenvalue weighted by Gasteiger charge is -2.38. The molecule has 3 heteroatoms. The first kappa shape index (κ1) is 14.3. The van der Waals surface area contributed by atoms with Gasteiger partial charge in [-0.05, 0) is 38.6 Å². The molecule has 1 N–H and O–H groups in total. The molecule has 0 aliphatic heterocycles. The van der Waals surface area contributed by atoms with Gasteiger partial charge in [0.2, 0.25) is 0 Å². The van der Waals surface area contributed by atoms with Crippen molar-refractivity contribution in [2.45, 2.75) is 44.9 Å². The smallest absolute Gasteiger partial charge is 0.0593 e. The molecule has 2 saturated carbocycles. The third-order valence-corrected chi connectivity index (χ3v) is 4.52. The summed E-state index contributed by atoms with van der Waals surface area (Å²) in [7, 11) is 2.16. The van der Waals surface area contributed by atoms with Gasteiger partial charge in [-0.3, -0.25) is 0 Å². The van der Waals surface area contributed by atoms with Crippen molar-refractivity contribution in [3.05, 3.63) is 0 Å². The van der Waals surface area contributed by atoms with Gasteiger partial charge in [0.05, 0.1) is 6.61 Å². The molecular weight excluding hydrogens is 226 g/mol. The SMILES string of the molecule is CN(CCOCC1CC1)CC1(CO)CCCCC1. The molecule has 0 heterocycles. The van der Waals surface area contributed by atoms with Crippen LogP contribution in [0, 0.1) is 11.3 Å². The molecule has 0 aromatic rings. The second-order valence-corrected chi connectivity index (χ2v) is 6.47. The van der Waals surface area contributed by atoms with E-state index in [1.807, 2.05) is 0 Å². The van der Waals surface area contributed by atoms with Gasteiger partial charge in [0.25, 0.3) is 0 Å². The van der Waals surface area contributed by atoms with Crippen LogP contribution in [-0.4, -0.2) is 50.0 Å². The van der Waals surface area contributed by atoms with Crippen LogP contribution in [0.3, 0.4) is 0 Å². The van der Waals surface area contributed by atoms with Crippen molar-refractivity contribution < 1.29 is 9.84 Å². The van der Waals surface area contributed by atoms with Crippen LogP contribution in [0.5, 0.6) is 0 Å². The van der Waals surface area contributed by atoms with Crippen molar-refractivity contribution in [1.82, 2.24) is 4.90 Å². The van der Waals surface area contributed by atoms with E-state index < -0.39 is 0 Å². The molecule has 2 aliphatic rings. The fourth-order valence-electron chi connectivity index (χ4n) is 3.07. The van der Waals surface area contributed by atoms with Crippen LogP contribution >= 0.6 is 0 Å². The molecule has 0 radical (unpaired) electrons. The second kappa shape index (κ2) is 6.88. The fourth-order valence-corrected chi connectivity index (χ4v) is 3.07. The van der Waals surface area contributed by atoms with Gasteiger partial charge < -0.3 is 14.7 Å². The minimum atomic E-state index is 0.170. The van der Waals surface area contributed by atoms with E-state index in [-0.39, 0.29) is 5.41 Å². The Morgan fingerprint density at radius 3 is 2.56 bits per heavy atom. The number of hydrogen-bond acceptors (Lipinski definition) is 3. The molecular formula is C15H29NO2. The normalized spacial score (nSPS) is 23.5. The van der Waals surface area contributed by atoms with Gasteiger partial charge in [0.1, 0.15) is 0 Å². The number of aliphatic hydroxyl groups is 1. The highest BCUT2D eigenvalue weighted by Gasteiger charge is 2.32. The van der Waals surface area contributed by atoms with Crippen molar-refractivity contribution in [2.75, 3.05) is 40.0 Å². The van der Waals surface area contributed by atoms with Crippen molar-refractivity contribution in [3.63, 3.8) is 0 Å². The fraction of sp³-hybridized carbons (Fsp3) is 1.00. The predicted octanol–water partition coefficient (Wildman–Crippen LogP) is 2.29. The van der Waals surface area contributed by atoms with E-state index in [1.165, 1.54) is 44.9 Å². The Hall–Kier alpha value is -0.120. The Bertz CT molecular complexity index is 235. The summed E-state index contributed by atoms with van der Waals surface area (Å²) in [5.41, 5.74) is 0.170. The van der Waals surface area contributed by atoms with Crippen LogP contribution in [0.25, 0.3) is 0 Å². The summed E-state index contributed by atoms with van der Waals surface area (Å²) < 4.78 is 5.68. The zero-order valence-corrected chi connectivity index (χ0v) is 11.9. The number of rotatable bonds is 8. The van der Waals surface area contributed by atoms with E-state index in [0.29, 0.717) is 6.61 Å². The third kappa shape index (κ3) is 4.52. The van der Waals surface area contributed by atoms with E-state index in [0.717, 1.165) is 32.2 Å². The van der Waals surface area contributed by atoms with E-state index in [4.69, 9.17) is 4.74 Å². The summed E-state index contributed by atoms with van der Waals surface area (Å²) in [6.45, 7) is 4.17. The number of nitrogens with zero attached hydrogens (tertiary/aromatic N) is 1. The molecule has 0 amide bonds. The highest BCUT2D eigenvalue weighted by molar-refractivity contribution is 4.84. The van der Waals surface area contributed by atoms with Crippen molar-refractivity contribution in [3.8, 4) is 0 Å². The monoisotopic (exact) mass is 255 g/mol. The zero-order valence-electron chi connectivity index (χ0n) is 11.9. The summed E-state index contributed by atoms with van der Waals surface area (Å²) >= 11 is 0. The predicted molar refractivity (Wildman–Crippen MR) is 73.6 cm³/mol. The second-order valence-electron chi connectivity index (χ2n) is 6.47. The molecule has 0 bridgehead atoms. The van der Waals surface area contributed by atoms with Gasteiger partial charge in [-0.15, -0.1) is 0 Å². The molecule has 0 spiro atoms. The summed E-state index contributed by atoms with van der Waals surface area (Å²) in [6.07, 6.45) is 9.02. The number of likely N-dealkylation sites (N-methyl/N-ethyl adjacent to an activating group) is 1. The Balaban J connectivity index is 1.62. The topological polar surface area (TPSA) is 32.7 Å². The summed E-state index contributed by atoms with van der Waals surface area (Å²) in [4.78, 5) is 2.34. The molecule has 2 fully saturated rings. The molecule has 0 atom stereocenters. The summed E-state index contributed by atoms with van der Waals surface area (Å²) in [6, 6.07) is 0. The van der Waals surface area contributed by atoms with E-state index >= 15 is 0 Å². The van der Waals surface area contributed by atoms with E-state index in [1.54, 1.807) is 0 Å². The quantitative estimate of drug-likeness (QED) is 0.676. The summed E-state index contributed by atoms with van der Waals surface area (Å²) in [5.74, 6) is 0.859. The highest BCUT2D eigenvalue weighted by atomic mass is 16.5. The first-order chi connectivity index (χ1) is 8.74. The molecule has 106 valence electrons. The maximum Gasteiger partial charge on any atom is 0.0593 e. The van der Waals surface area contributed by atoms with Gasteiger partial charge in [-0.2, -0.15) is 0 Å². The average molecular weight is 255 g/mol. The first-order valence-electron chi connectivity index (χ1n) is 7.61. The Morgan fingerprint density at radius 2 is 1.94 bits per heavy atom. The molecule has 0 aromatic carbocycles. The average Bonchev–Trinajstić information content (AvgIpc) is 3.20. The number of hydrogen-bond donors (Lipinski definition) is 1. The lowest BCUT2D eigenvalue weighted by Crippen LogP contribution is -2.41. The molecule has 0 unspecified atom stereocenters. The minimum absolute atomic E-state index is 0.170. The van der Waals surface area contributed by atoms with E-state index in [9.17, 15) is 5.11 Å². The van der Waals surface area contributed by atoms with Gasteiger partial charge in [-0.25, -0.2) is 0 Å².